The van der Waals surface area contributed by atoms with Crippen LogP contribution < -0.4 is 10.0 Å². The Morgan fingerprint density at radius 1 is 1.24 bits per heavy atom. The van der Waals surface area contributed by atoms with Gasteiger partial charge in [0.2, 0.25) is 10.0 Å². The summed E-state index contributed by atoms with van der Waals surface area (Å²) in [6, 6.07) is 1.23. The van der Waals surface area contributed by atoms with E-state index in [1.165, 1.54) is 12.8 Å². The van der Waals surface area contributed by atoms with Crippen LogP contribution in [-0.4, -0.2) is 32.3 Å². The van der Waals surface area contributed by atoms with Gasteiger partial charge in [-0.2, -0.15) is 0 Å². The first kappa shape index (κ1) is 13.3. The number of piperidine rings is 1. The molecule has 2 saturated heterocycles. The van der Waals surface area contributed by atoms with E-state index >= 15 is 0 Å². The van der Waals surface area contributed by atoms with Crippen molar-refractivity contribution in [2.45, 2.75) is 64.1 Å². The van der Waals surface area contributed by atoms with Crippen LogP contribution in [0.15, 0.2) is 0 Å². The van der Waals surface area contributed by atoms with Crippen molar-refractivity contribution in [2.24, 2.45) is 5.92 Å². The third-order valence-electron chi connectivity index (χ3n) is 3.78. The summed E-state index contributed by atoms with van der Waals surface area (Å²) < 4.78 is 26.7. The van der Waals surface area contributed by atoms with Gasteiger partial charge in [0.05, 0.1) is 5.75 Å². The smallest absolute Gasteiger partial charge is 0.211 e. The van der Waals surface area contributed by atoms with E-state index in [2.05, 4.69) is 23.9 Å². The second-order valence-corrected chi connectivity index (χ2v) is 7.80. The standard InChI is InChI=1S/C12H24N2O2S/c1-9(2)5-6-17(15,16)14-12-7-10-3-4-11(8-12)13-10/h9-14H,3-8H2,1-2H3. The fourth-order valence-corrected chi connectivity index (χ4v) is 4.46. The van der Waals surface area contributed by atoms with E-state index in [1.54, 1.807) is 0 Å². The summed E-state index contributed by atoms with van der Waals surface area (Å²) in [5.74, 6) is 0.708. The highest BCUT2D eigenvalue weighted by molar-refractivity contribution is 7.89. The van der Waals surface area contributed by atoms with Gasteiger partial charge in [-0.1, -0.05) is 13.8 Å². The first-order valence-electron chi connectivity index (χ1n) is 6.70. The van der Waals surface area contributed by atoms with Gasteiger partial charge in [0.1, 0.15) is 0 Å². The third kappa shape index (κ3) is 3.93. The van der Waals surface area contributed by atoms with Gasteiger partial charge in [-0.25, -0.2) is 13.1 Å². The van der Waals surface area contributed by atoms with E-state index in [4.69, 9.17) is 0 Å². The molecule has 0 saturated carbocycles. The molecule has 2 bridgehead atoms. The predicted molar refractivity (Wildman–Crippen MR) is 69.3 cm³/mol. The van der Waals surface area contributed by atoms with Crippen molar-refractivity contribution in [3.05, 3.63) is 0 Å². The van der Waals surface area contributed by atoms with Crippen LogP contribution in [0.1, 0.15) is 46.0 Å². The molecular weight excluding hydrogens is 236 g/mol. The quantitative estimate of drug-likeness (QED) is 0.782. The molecule has 2 rings (SSSR count). The van der Waals surface area contributed by atoms with Gasteiger partial charge in [-0.15, -0.1) is 0 Å². The lowest BCUT2D eigenvalue weighted by atomic mass is 10.0. The minimum absolute atomic E-state index is 0.158. The molecule has 2 unspecified atom stereocenters. The Morgan fingerprint density at radius 2 is 1.82 bits per heavy atom. The lowest BCUT2D eigenvalue weighted by molar-refractivity contribution is 0.345. The maximum atomic E-state index is 11.9. The predicted octanol–water partition coefficient (Wildman–Crippen LogP) is 1.23. The summed E-state index contributed by atoms with van der Waals surface area (Å²) in [4.78, 5) is 0. The molecule has 2 heterocycles. The highest BCUT2D eigenvalue weighted by Crippen LogP contribution is 2.27. The van der Waals surface area contributed by atoms with Gasteiger partial charge in [0.15, 0.2) is 0 Å². The Balaban J connectivity index is 1.83. The van der Waals surface area contributed by atoms with Crippen LogP contribution in [0, 0.1) is 5.92 Å². The Hall–Kier alpha value is -0.130. The normalized spacial score (nSPS) is 33.2. The van der Waals surface area contributed by atoms with E-state index < -0.39 is 10.0 Å². The van der Waals surface area contributed by atoms with Gasteiger partial charge < -0.3 is 5.32 Å². The van der Waals surface area contributed by atoms with Crippen LogP contribution in [-0.2, 0) is 10.0 Å². The third-order valence-corrected chi connectivity index (χ3v) is 5.25. The van der Waals surface area contributed by atoms with Gasteiger partial charge in [-0.3, -0.25) is 0 Å². The number of rotatable bonds is 5. The Labute approximate surface area is 105 Å². The summed E-state index contributed by atoms with van der Waals surface area (Å²) in [5.41, 5.74) is 0. The molecule has 0 amide bonds. The SMILES string of the molecule is CC(C)CCS(=O)(=O)NC1CC2CCC(C1)N2. The molecule has 0 aliphatic carbocycles. The van der Waals surface area contributed by atoms with Crippen LogP contribution in [0.2, 0.25) is 0 Å². The molecule has 100 valence electrons. The van der Waals surface area contributed by atoms with Crippen LogP contribution in [0.4, 0.5) is 0 Å². The Morgan fingerprint density at radius 3 is 2.35 bits per heavy atom. The van der Waals surface area contributed by atoms with Gasteiger partial charge in [-0.05, 0) is 38.0 Å². The Bertz CT molecular complexity index is 342. The van der Waals surface area contributed by atoms with E-state index in [0.717, 1.165) is 19.3 Å². The van der Waals surface area contributed by atoms with Gasteiger partial charge in [0.25, 0.3) is 0 Å². The van der Waals surface area contributed by atoms with Crippen molar-refractivity contribution in [2.75, 3.05) is 5.75 Å². The Kier molecular flexibility index (Phi) is 4.10. The fourth-order valence-electron chi connectivity index (χ4n) is 2.86. The van der Waals surface area contributed by atoms with Crippen molar-refractivity contribution in [3.8, 4) is 0 Å². The topological polar surface area (TPSA) is 58.2 Å². The molecule has 2 N–H and O–H groups in total. The molecule has 4 nitrogen and oxygen atoms in total. The summed E-state index contributed by atoms with van der Waals surface area (Å²) in [6.45, 7) is 4.11. The van der Waals surface area contributed by atoms with Crippen LogP contribution in [0.3, 0.4) is 0 Å². The van der Waals surface area contributed by atoms with E-state index in [-0.39, 0.29) is 11.8 Å². The number of hydrogen-bond donors (Lipinski definition) is 2. The monoisotopic (exact) mass is 260 g/mol. The molecule has 0 aromatic heterocycles. The van der Waals surface area contributed by atoms with Crippen LogP contribution >= 0.6 is 0 Å². The molecule has 0 aromatic rings. The average molecular weight is 260 g/mol. The summed E-state index contributed by atoms with van der Waals surface area (Å²) >= 11 is 0. The molecule has 2 aliphatic heterocycles. The molecule has 0 radical (unpaired) electrons. The second-order valence-electron chi connectivity index (χ2n) is 5.93. The maximum absolute atomic E-state index is 11.9. The molecule has 2 atom stereocenters. The zero-order chi connectivity index (χ0) is 12.5. The largest absolute Gasteiger partial charge is 0.311 e. The van der Waals surface area contributed by atoms with Crippen molar-refractivity contribution >= 4 is 10.0 Å². The maximum Gasteiger partial charge on any atom is 0.211 e. The summed E-state index contributed by atoms with van der Waals surface area (Å²) in [6.07, 6.45) is 5.06. The molecule has 2 fully saturated rings. The van der Waals surface area contributed by atoms with E-state index in [1.807, 2.05) is 0 Å². The molecule has 2 aliphatic rings. The highest BCUT2D eigenvalue weighted by Gasteiger charge is 2.34. The first-order valence-corrected chi connectivity index (χ1v) is 8.36. The lowest BCUT2D eigenvalue weighted by Crippen LogP contribution is -2.48. The van der Waals surface area contributed by atoms with Gasteiger partial charge in [0, 0.05) is 18.1 Å². The average Bonchev–Trinajstić information content (AvgIpc) is 2.55. The van der Waals surface area contributed by atoms with Crippen molar-refractivity contribution in [1.29, 1.82) is 0 Å². The molecule has 17 heavy (non-hydrogen) atoms. The molecular formula is C12H24N2O2S. The first-order chi connectivity index (χ1) is 7.94. The highest BCUT2D eigenvalue weighted by atomic mass is 32.2. The fraction of sp³-hybridized carbons (Fsp3) is 1.00. The minimum Gasteiger partial charge on any atom is -0.311 e. The molecule has 5 heteroatoms. The van der Waals surface area contributed by atoms with Crippen molar-refractivity contribution in [1.82, 2.24) is 10.0 Å². The summed E-state index contributed by atoms with van der Waals surface area (Å²) in [7, 11) is -3.07. The zero-order valence-electron chi connectivity index (χ0n) is 10.8. The second kappa shape index (κ2) is 5.24. The van der Waals surface area contributed by atoms with E-state index in [0.29, 0.717) is 18.0 Å². The van der Waals surface area contributed by atoms with Crippen molar-refractivity contribution in [3.63, 3.8) is 0 Å². The molecule has 0 spiro atoms. The van der Waals surface area contributed by atoms with Gasteiger partial charge >= 0.3 is 0 Å². The summed E-state index contributed by atoms with van der Waals surface area (Å²) in [5, 5.41) is 3.52. The van der Waals surface area contributed by atoms with E-state index in [9.17, 15) is 8.42 Å². The molecule has 0 aromatic carbocycles. The van der Waals surface area contributed by atoms with Crippen LogP contribution in [0.25, 0.3) is 0 Å². The number of sulfonamides is 1. The number of fused-ring (bicyclic) bond motifs is 2. The number of nitrogens with one attached hydrogen (secondary N) is 2. The van der Waals surface area contributed by atoms with Crippen LogP contribution in [0.5, 0.6) is 0 Å². The zero-order valence-corrected chi connectivity index (χ0v) is 11.6. The minimum atomic E-state index is -3.07. The van der Waals surface area contributed by atoms with Crippen molar-refractivity contribution < 1.29 is 8.42 Å². The lowest BCUT2D eigenvalue weighted by Gasteiger charge is -2.29. The number of hydrogen-bond acceptors (Lipinski definition) is 3.